The van der Waals surface area contributed by atoms with Crippen LogP contribution in [-0.4, -0.2) is 17.8 Å². The molecule has 0 bridgehead atoms. The van der Waals surface area contributed by atoms with E-state index in [9.17, 15) is 0 Å². The fourth-order valence-electron chi connectivity index (χ4n) is 1.40. The average molecular weight is 214 g/mol. The Hall–Kier alpha value is -0.570. The molecule has 2 nitrogen and oxygen atoms in total. The molecule has 3 N–H and O–H groups in total. The number of hydrogen-bond acceptors (Lipinski definition) is 2. The van der Waals surface area contributed by atoms with E-state index >= 15 is 0 Å². The van der Waals surface area contributed by atoms with E-state index in [1.54, 1.807) is 0 Å². The lowest BCUT2D eigenvalue weighted by atomic mass is 10.0. The van der Waals surface area contributed by atoms with E-state index in [1.165, 1.54) is 0 Å². The van der Waals surface area contributed by atoms with Crippen LogP contribution in [0.1, 0.15) is 18.4 Å². The lowest BCUT2D eigenvalue weighted by Crippen LogP contribution is -2.23. The molecule has 0 spiro atoms. The molecule has 1 atom stereocenters. The van der Waals surface area contributed by atoms with Gasteiger partial charge < -0.3 is 10.8 Å². The minimum atomic E-state index is 0.0852. The van der Waals surface area contributed by atoms with Crippen molar-refractivity contribution in [2.45, 2.75) is 25.3 Å². The second-order valence-corrected chi connectivity index (χ2v) is 3.83. The molecule has 1 aromatic rings. The smallest absolute Gasteiger partial charge is 0.0438 e. The van der Waals surface area contributed by atoms with Crippen molar-refractivity contribution in [1.82, 2.24) is 0 Å². The fourth-order valence-corrected chi connectivity index (χ4v) is 1.61. The predicted octanol–water partition coefficient (Wildman–Crippen LogP) is 1.98. The van der Waals surface area contributed by atoms with Gasteiger partial charge in [0.1, 0.15) is 0 Å². The molecule has 0 amide bonds. The lowest BCUT2D eigenvalue weighted by molar-refractivity contribution is 0.279. The number of halogens is 1. The molecule has 78 valence electrons. The lowest BCUT2D eigenvalue weighted by Gasteiger charge is -2.11. The summed E-state index contributed by atoms with van der Waals surface area (Å²) in [7, 11) is 0. The first-order valence-corrected chi connectivity index (χ1v) is 5.21. The van der Waals surface area contributed by atoms with Crippen molar-refractivity contribution in [3.8, 4) is 0 Å². The van der Waals surface area contributed by atoms with Gasteiger partial charge in [0.25, 0.3) is 0 Å². The molecule has 0 aliphatic heterocycles. The third kappa shape index (κ3) is 3.66. The highest BCUT2D eigenvalue weighted by Gasteiger charge is 2.05. The molecule has 0 fully saturated rings. The van der Waals surface area contributed by atoms with Gasteiger partial charge in [-0.25, -0.2) is 0 Å². The normalized spacial score (nSPS) is 12.8. The van der Waals surface area contributed by atoms with Crippen LogP contribution in [0.2, 0.25) is 5.02 Å². The van der Waals surface area contributed by atoms with Crippen LogP contribution < -0.4 is 5.73 Å². The summed E-state index contributed by atoms with van der Waals surface area (Å²) in [6, 6.07) is 7.81. The van der Waals surface area contributed by atoms with E-state index in [-0.39, 0.29) is 12.6 Å². The number of aliphatic hydroxyl groups excluding tert-OH is 1. The topological polar surface area (TPSA) is 46.2 Å². The van der Waals surface area contributed by atoms with E-state index in [1.807, 2.05) is 24.3 Å². The van der Waals surface area contributed by atoms with Gasteiger partial charge in [-0.15, -0.1) is 0 Å². The van der Waals surface area contributed by atoms with Gasteiger partial charge in [-0.1, -0.05) is 29.8 Å². The zero-order valence-corrected chi connectivity index (χ0v) is 8.87. The van der Waals surface area contributed by atoms with Crippen molar-refractivity contribution < 1.29 is 5.11 Å². The van der Waals surface area contributed by atoms with Gasteiger partial charge in [-0.2, -0.15) is 0 Å². The molecule has 0 saturated carbocycles. The van der Waals surface area contributed by atoms with Gasteiger partial charge in [0.05, 0.1) is 0 Å². The molecule has 0 radical (unpaired) electrons. The van der Waals surface area contributed by atoms with Gasteiger partial charge in [0.15, 0.2) is 0 Å². The first kappa shape index (κ1) is 11.5. The minimum Gasteiger partial charge on any atom is -0.396 e. The molecule has 0 aromatic heterocycles. The van der Waals surface area contributed by atoms with Gasteiger partial charge in [-0.05, 0) is 30.9 Å². The molecule has 1 aromatic carbocycles. The Morgan fingerprint density at radius 1 is 1.36 bits per heavy atom. The van der Waals surface area contributed by atoms with E-state index in [4.69, 9.17) is 22.4 Å². The Labute approximate surface area is 89.7 Å². The minimum absolute atomic E-state index is 0.0852. The molecule has 0 aliphatic rings. The van der Waals surface area contributed by atoms with Crippen molar-refractivity contribution in [2.24, 2.45) is 5.73 Å². The molecule has 0 saturated heterocycles. The summed E-state index contributed by atoms with van der Waals surface area (Å²) in [5.41, 5.74) is 6.97. The molecule has 14 heavy (non-hydrogen) atoms. The first-order chi connectivity index (χ1) is 6.74. The summed E-state index contributed by atoms with van der Waals surface area (Å²) in [6.45, 7) is 0.205. The quantitative estimate of drug-likeness (QED) is 0.786. The molecule has 3 heteroatoms. The van der Waals surface area contributed by atoms with E-state index < -0.39 is 0 Å². The second kappa shape index (κ2) is 6.02. The predicted molar refractivity (Wildman–Crippen MR) is 59.5 cm³/mol. The van der Waals surface area contributed by atoms with Gasteiger partial charge in [-0.3, -0.25) is 0 Å². The summed E-state index contributed by atoms with van der Waals surface area (Å²) in [5.74, 6) is 0. The van der Waals surface area contributed by atoms with Crippen LogP contribution in [0.4, 0.5) is 0 Å². The zero-order chi connectivity index (χ0) is 10.4. The summed E-state index contributed by atoms with van der Waals surface area (Å²) < 4.78 is 0. The van der Waals surface area contributed by atoms with Crippen molar-refractivity contribution >= 4 is 11.6 Å². The number of hydrogen-bond donors (Lipinski definition) is 2. The van der Waals surface area contributed by atoms with Crippen molar-refractivity contribution in [2.75, 3.05) is 6.61 Å². The van der Waals surface area contributed by atoms with Gasteiger partial charge in [0.2, 0.25) is 0 Å². The average Bonchev–Trinajstić information content (AvgIpc) is 2.18. The van der Waals surface area contributed by atoms with E-state index in [0.29, 0.717) is 0 Å². The first-order valence-electron chi connectivity index (χ1n) is 4.84. The summed E-state index contributed by atoms with van der Waals surface area (Å²) in [4.78, 5) is 0. The molecule has 1 rings (SSSR count). The third-order valence-electron chi connectivity index (χ3n) is 2.17. The third-order valence-corrected chi connectivity index (χ3v) is 2.54. The van der Waals surface area contributed by atoms with E-state index in [2.05, 4.69) is 0 Å². The maximum Gasteiger partial charge on any atom is 0.0438 e. The SMILES string of the molecule is NC(CCCO)Cc1ccccc1Cl. The number of rotatable bonds is 5. The molecular weight excluding hydrogens is 198 g/mol. The van der Waals surface area contributed by atoms with Crippen LogP contribution in [0.5, 0.6) is 0 Å². The van der Waals surface area contributed by atoms with Crippen LogP contribution in [0.3, 0.4) is 0 Å². The Kier molecular flexibility index (Phi) is 4.94. The standard InChI is InChI=1S/C11H16ClNO/c12-11-6-2-1-4-9(11)8-10(13)5-3-7-14/h1-2,4,6,10,14H,3,5,7-8,13H2. The molecule has 1 unspecified atom stereocenters. The fraction of sp³-hybridized carbons (Fsp3) is 0.455. The molecule has 0 heterocycles. The van der Waals surface area contributed by atoms with Crippen molar-refractivity contribution in [3.05, 3.63) is 34.9 Å². The van der Waals surface area contributed by atoms with Crippen molar-refractivity contribution in [1.29, 1.82) is 0 Å². The summed E-state index contributed by atoms with van der Waals surface area (Å²) in [5, 5.41) is 9.42. The van der Waals surface area contributed by atoms with Crippen LogP contribution in [0.25, 0.3) is 0 Å². The van der Waals surface area contributed by atoms with Gasteiger partial charge >= 0.3 is 0 Å². The maximum atomic E-state index is 8.65. The number of aliphatic hydroxyl groups is 1. The van der Waals surface area contributed by atoms with Crippen molar-refractivity contribution in [3.63, 3.8) is 0 Å². The Morgan fingerprint density at radius 2 is 2.07 bits per heavy atom. The Balaban J connectivity index is 2.47. The van der Waals surface area contributed by atoms with Crippen LogP contribution in [-0.2, 0) is 6.42 Å². The highest BCUT2D eigenvalue weighted by Crippen LogP contribution is 2.17. The monoisotopic (exact) mass is 213 g/mol. The highest BCUT2D eigenvalue weighted by atomic mass is 35.5. The van der Waals surface area contributed by atoms with Gasteiger partial charge in [0, 0.05) is 17.7 Å². The molecule has 0 aliphatic carbocycles. The van der Waals surface area contributed by atoms with Crippen LogP contribution >= 0.6 is 11.6 Å². The number of benzene rings is 1. The Bertz CT molecular complexity index is 278. The second-order valence-electron chi connectivity index (χ2n) is 3.42. The largest absolute Gasteiger partial charge is 0.396 e. The highest BCUT2D eigenvalue weighted by molar-refractivity contribution is 6.31. The maximum absolute atomic E-state index is 8.65. The van der Waals surface area contributed by atoms with Crippen LogP contribution in [0, 0.1) is 0 Å². The number of nitrogens with two attached hydrogens (primary N) is 1. The molecular formula is C11H16ClNO. The zero-order valence-electron chi connectivity index (χ0n) is 8.12. The van der Waals surface area contributed by atoms with E-state index in [0.717, 1.165) is 29.8 Å². The summed E-state index contributed by atoms with van der Waals surface area (Å²) in [6.07, 6.45) is 2.37. The van der Waals surface area contributed by atoms with Crippen LogP contribution in [0.15, 0.2) is 24.3 Å². The summed E-state index contributed by atoms with van der Waals surface area (Å²) >= 11 is 6.00. The Morgan fingerprint density at radius 3 is 2.71 bits per heavy atom.